The Kier molecular flexibility index (Phi) is 13.5. The Morgan fingerprint density at radius 3 is 2.14 bits per heavy atom. The van der Waals surface area contributed by atoms with Crippen LogP contribution in [0.25, 0.3) is 0 Å². The van der Waals surface area contributed by atoms with Crippen LogP contribution in [0.1, 0.15) is 37.4 Å². The van der Waals surface area contributed by atoms with Crippen molar-refractivity contribution in [2.75, 3.05) is 13.7 Å². The van der Waals surface area contributed by atoms with Gasteiger partial charge in [-0.05, 0) is 41.3 Å². The topological polar surface area (TPSA) is 124 Å². The first kappa shape index (κ1) is 39.1. The molecule has 0 aliphatic rings. The number of carbonyl (C=O) groups is 4. The van der Waals surface area contributed by atoms with E-state index in [1.54, 1.807) is 24.3 Å². The SMILES string of the molecule is COc1ccc([C@H](NC(=O)[C@@H](Cc2cccc(Cl)c2)Oc2cncc(Cl)c2)C(=O)C[C@H](C(=O)C(F)(F)C(=O)NCC(F)(F)F)C(C)C)cc1. The summed E-state index contributed by atoms with van der Waals surface area (Å²) < 4.78 is 78.5. The molecule has 0 saturated heterocycles. The molecule has 0 radical (unpaired) electrons. The maximum Gasteiger partial charge on any atom is 0.405 e. The van der Waals surface area contributed by atoms with E-state index >= 15 is 0 Å². The molecule has 1 heterocycles. The van der Waals surface area contributed by atoms with Gasteiger partial charge in [0.05, 0.1) is 18.3 Å². The number of ketones is 2. The molecule has 16 heteroatoms. The number of hydrogen-bond donors (Lipinski definition) is 2. The minimum atomic E-state index is -5.01. The Morgan fingerprint density at radius 1 is 0.898 bits per heavy atom. The Labute approximate surface area is 288 Å². The first-order valence-corrected chi connectivity index (χ1v) is 15.4. The van der Waals surface area contributed by atoms with Crippen LogP contribution < -0.4 is 20.1 Å². The predicted molar refractivity (Wildman–Crippen MR) is 170 cm³/mol. The van der Waals surface area contributed by atoms with E-state index in [-0.39, 0.29) is 22.8 Å². The van der Waals surface area contributed by atoms with Gasteiger partial charge in [0.1, 0.15) is 24.1 Å². The number of hydrogen-bond acceptors (Lipinski definition) is 7. The van der Waals surface area contributed by atoms with Gasteiger partial charge in [-0.2, -0.15) is 22.0 Å². The summed E-state index contributed by atoms with van der Waals surface area (Å²) >= 11 is 12.2. The lowest BCUT2D eigenvalue weighted by atomic mass is 9.82. The van der Waals surface area contributed by atoms with Crippen LogP contribution in [0.2, 0.25) is 10.0 Å². The van der Waals surface area contributed by atoms with Crippen LogP contribution in [0, 0.1) is 11.8 Å². The molecule has 3 rings (SSSR count). The fraction of sp³-hybridized carbons (Fsp3) is 0.364. The maximum atomic E-state index is 14.9. The molecule has 2 amide bonds. The standard InChI is InChI=1S/C33H32Cl2F5N3O6/c1-18(2)25(29(45)33(39,40)31(47)42-17-32(36,37)38)14-26(44)28(20-7-9-23(48-3)10-8-20)43-30(46)27(12-19-5-4-6-21(34)11-19)49-24-13-22(35)15-41-16-24/h4-11,13,15-16,18,25,27-28H,12,14,17H2,1-3H3,(H,42,47)(H,43,46)/t25-,27+,28-/m0/s1. The third-order valence-corrected chi connectivity index (χ3v) is 7.67. The molecule has 3 aromatic rings. The highest BCUT2D eigenvalue weighted by molar-refractivity contribution is 6.30. The molecule has 3 atom stereocenters. The summed E-state index contributed by atoms with van der Waals surface area (Å²) in [6.07, 6.45) is -4.66. The zero-order valence-electron chi connectivity index (χ0n) is 26.3. The van der Waals surface area contributed by atoms with Gasteiger partial charge < -0.3 is 20.1 Å². The summed E-state index contributed by atoms with van der Waals surface area (Å²) in [5, 5.41) is 4.17. The zero-order valence-corrected chi connectivity index (χ0v) is 27.8. The Hall–Kier alpha value is -4.30. The predicted octanol–water partition coefficient (Wildman–Crippen LogP) is 6.36. The summed E-state index contributed by atoms with van der Waals surface area (Å²) in [4.78, 5) is 56.6. The monoisotopic (exact) mass is 731 g/mol. The lowest BCUT2D eigenvalue weighted by Gasteiger charge is -2.27. The third-order valence-electron chi connectivity index (χ3n) is 7.23. The Bertz CT molecular complexity index is 1590. The van der Waals surface area contributed by atoms with E-state index in [9.17, 15) is 41.1 Å². The number of benzene rings is 2. The normalized spacial score (nSPS) is 13.6. The molecule has 0 fully saturated rings. The second-order valence-corrected chi connectivity index (χ2v) is 12.1. The zero-order chi connectivity index (χ0) is 36.5. The number of methoxy groups -OCH3 is 1. The first-order valence-electron chi connectivity index (χ1n) is 14.7. The van der Waals surface area contributed by atoms with Crippen molar-refractivity contribution in [3.63, 3.8) is 0 Å². The number of amides is 2. The molecule has 0 bridgehead atoms. The van der Waals surface area contributed by atoms with Crippen molar-refractivity contribution in [1.82, 2.24) is 15.6 Å². The molecule has 0 aliphatic heterocycles. The Balaban J connectivity index is 1.95. The number of alkyl halides is 5. The number of nitrogens with zero attached hydrogens (tertiary/aromatic N) is 1. The van der Waals surface area contributed by atoms with Gasteiger partial charge in [0, 0.05) is 36.0 Å². The van der Waals surface area contributed by atoms with Crippen LogP contribution in [0.4, 0.5) is 22.0 Å². The molecule has 2 aromatic carbocycles. The molecule has 0 spiro atoms. The van der Waals surface area contributed by atoms with Gasteiger partial charge in [-0.25, -0.2) is 0 Å². The minimum absolute atomic E-state index is 0.0607. The van der Waals surface area contributed by atoms with Gasteiger partial charge in [0.15, 0.2) is 11.9 Å². The molecular weight excluding hydrogens is 700 g/mol. The number of carbonyl (C=O) groups excluding carboxylic acids is 4. The van der Waals surface area contributed by atoms with Gasteiger partial charge in [-0.3, -0.25) is 24.2 Å². The van der Waals surface area contributed by atoms with E-state index in [0.29, 0.717) is 16.3 Å². The van der Waals surface area contributed by atoms with E-state index in [1.807, 2.05) is 0 Å². The summed E-state index contributed by atoms with van der Waals surface area (Å²) in [5.74, 6) is -13.4. The van der Waals surface area contributed by atoms with E-state index in [2.05, 4.69) is 10.3 Å². The quantitative estimate of drug-likeness (QED) is 0.130. The first-order chi connectivity index (χ1) is 22.9. The lowest BCUT2D eigenvalue weighted by molar-refractivity contribution is -0.167. The molecule has 1 aromatic heterocycles. The number of ether oxygens (including phenoxy) is 2. The largest absolute Gasteiger partial charge is 0.497 e. The highest BCUT2D eigenvalue weighted by Gasteiger charge is 2.52. The van der Waals surface area contributed by atoms with Crippen molar-refractivity contribution in [3.05, 3.63) is 88.2 Å². The van der Waals surface area contributed by atoms with E-state index in [1.165, 1.54) is 63.7 Å². The average Bonchev–Trinajstić information content (AvgIpc) is 3.03. The molecule has 264 valence electrons. The summed E-state index contributed by atoms with van der Waals surface area (Å²) in [6, 6.07) is 12.2. The van der Waals surface area contributed by atoms with Crippen molar-refractivity contribution >= 4 is 46.6 Å². The number of halogens is 7. The van der Waals surface area contributed by atoms with Crippen molar-refractivity contribution in [2.45, 2.75) is 50.9 Å². The molecular formula is C33H32Cl2F5N3O6. The van der Waals surface area contributed by atoms with Gasteiger partial charge in [0.25, 0.3) is 11.8 Å². The number of rotatable bonds is 16. The summed E-state index contributed by atoms with van der Waals surface area (Å²) in [7, 11) is 1.39. The van der Waals surface area contributed by atoms with Crippen LogP contribution in [-0.2, 0) is 25.6 Å². The van der Waals surface area contributed by atoms with Crippen LogP contribution in [0.15, 0.2) is 67.0 Å². The molecule has 0 unspecified atom stereocenters. The highest BCUT2D eigenvalue weighted by Crippen LogP contribution is 2.31. The molecule has 0 saturated carbocycles. The number of aromatic nitrogens is 1. The molecule has 9 nitrogen and oxygen atoms in total. The van der Waals surface area contributed by atoms with Gasteiger partial charge in [-0.15, -0.1) is 0 Å². The second-order valence-electron chi connectivity index (χ2n) is 11.3. The summed E-state index contributed by atoms with van der Waals surface area (Å²) in [5.41, 5.74) is 0.751. The van der Waals surface area contributed by atoms with Crippen LogP contribution in [-0.4, -0.2) is 60.2 Å². The van der Waals surface area contributed by atoms with Crippen LogP contribution >= 0.6 is 23.2 Å². The van der Waals surface area contributed by atoms with Crippen molar-refractivity contribution < 1.29 is 50.6 Å². The van der Waals surface area contributed by atoms with Crippen molar-refractivity contribution in [1.29, 1.82) is 0 Å². The third kappa shape index (κ3) is 11.4. The fourth-order valence-corrected chi connectivity index (χ4v) is 5.05. The number of Topliss-reactive ketones (excluding diaryl/α,β-unsaturated/α-hetero) is 2. The lowest BCUT2D eigenvalue weighted by Crippen LogP contribution is -2.51. The summed E-state index contributed by atoms with van der Waals surface area (Å²) in [6.45, 7) is 0.567. The van der Waals surface area contributed by atoms with E-state index < -0.39 is 72.4 Å². The number of pyridine rings is 1. The van der Waals surface area contributed by atoms with Gasteiger partial charge in [-0.1, -0.05) is 61.3 Å². The molecule has 0 aliphatic carbocycles. The molecule has 2 N–H and O–H groups in total. The smallest absolute Gasteiger partial charge is 0.405 e. The van der Waals surface area contributed by atoms with Crippen molar-refractivity contribution in [2.24, 2.45) is 11.8 Å². The highest BCUT2D eigenvalue weighted by atomic mass is 35.5. The molecule has 49 heavy (non-hydrogen) atoms. The minimum Gasteiger partial charge on any atom is -0.497 e. The van der Waals surface area contributed by atoms with Crippen LogP contribution in [0.3, 0.4) is 0 Å². The van der Waals surface area contributed by atoms with Gasteiger partial charge >= 0.3 is 12.1 Å². The fourth-order valence-electron chi connectivity index (χ4n) is 4.67. The Morgan fingerprint density at radius 2 is 1.57 bits per heavy atom. The van der Waals surface area contributed by atoms with Crippen molar-refractivity contribution in [3.8, 4) is 11.5 Å². The van der Waals surface area contributed by atoms with E-state index in [0.717, 1.165) is 5.32 Å². The second kappa shape index (κ2) is 16.9. The average molecular weight is 733 g/mol. The van der Waals surface area contributed by atoms with E-state index in [4.69, 9.17) is 32.7 Å². The number of nitrogens with one attached hydrogen (secondary N) is 2. The van der Waals surface area contributed by atoms with Gasteiger partial charge in [0.2, 0.25) is 5.78 Å². The maximum absolute atomic E-state index is 14.9. The van der Waals surface area contributed by atoms with Crippen LogP contribution in [0.5, 0.6) is 11.5 Å².